The normalized spacial score (nSPS) is 17.6. The van der Waals surface area contributed by atoms with Crippen LogP contribution >= 0.6 is 0 Å². The molecule has 136 valence electrons. The van der Waals surface area contributed by atoms with Gasteiger partial charge in [0.25, 0.3) is 5.89 Å². The quantitative estimate of drug-likeness (QED) is 0.815. The first-order chi connectivity index (χ1) is 12.4. The lowest BCUT2D eigenvalue weighted by atomic mass is 10.1. The number of ether oxygens (including phenoxy) is 2. The fourth-order valence-corrected chi connectivity index (χ4v) is 2.56. The molecule has 1 amide bonds. The van der Waals surface area contributed by atoms with Crippen molar-refractivity contribution < 1.29 is 18.8 Å². The molecule has 8 nitrogen and oxygen atoms in total. The topological polar surface area (TPSA) is 101 Å². The SMILES string of the molecule is CC(C)(C)OC(=O)N1CCOCC1c1nc(-c2cccc(C#N)c2)no1. The van der Waals surface area contributed by atoms with Crippen LogP contribution in [0, 0.1) is 11.3 Å². The van der Waals surface area contributed by atoms with Gasteiger partial charge in [-0.15, -0.1) is 0 Å². The average Bonchev–Trinajstić information content (AvgIpc) is 3.10. The molecule has 0 saturated carbocycles. The summed E-state index contributed by atoms with van der Waals surface area (Å²) in [6, 6.07) is 8.48. The van der Waals surface area contributed by atoms with E-state index >= 15 is 0 Å². The minimum Gasteiger partial charge on any atom is -0.444 e. The zero-order valence-corrected chi connectivity index (χ0v) is 14.9. The van der Waals surface area contributed by atoms with Crippen molar-refractivity contribution in [3.05, 3.63) is 35.7 Å². The van der Waals surface area contributed by atoms with E-state index in [2.05, 4.69) is 16.2 Å². The number of carbonyl (C=O) groups is 1. The van der Waals surface area contributed by atoms with E-state index in [1.165, 1.54) is 4.90 Å². The first-order valence-electron chi connectivity index (χ1n) is 8.29. The Kier molecular flexibility index (Phi) is 4.91. The largest absolute Gasteiger partial charge is 0.444 e. The molecule has 0 spiro atoms. The number of hydrogen-bond donors (Lipinski definition) is 0. The van der Waals surface area contributed by atoms with Gasteiger partial charge in [-0.25, -0.2) is 4.79 Å². The molecule has 1 aromatic heterocycles. The van der Waals surface area contributed by atoms with E-state index in [1.54, 1.807) is 24.3 Å². The fourth-order valence-electron chi connectivity index (χ4n) is 2.56. The van der Waals surface area contributed by atoms with Gasteiger partial charge in [-0.1, -0.05) is 17.3 Å². The van der Waals surface area contributed by atoms with Gasteiger partial charge < -0.3 is 14.0 Å². The van der Waals surface area contributed by atoms with Crippen LogP contribution in [0.5, 0.6) is 0 Å². The van der Waals surface area contributed by atoms with Gasteiger partial charge >= 0.3 is 6.09 Å². The Hall–Kier alpha value is -2.92. The second-order valence-electron chi connectivity index (χ2n) is 6.91. The summed E-state index contributed by atoms with van der Waals surface area (Å²) in [7, 11) is 0. The maximum atomic E-state index is 12.5. The molecule has 26 heavy (non-hydrogen) atoms. The van der Waals surface area contributed by atoms with Gasteiger partial charge in [-0.05, 0) is 32.9 Å². The number of morpholine rings is 1. The first kappa shape index (κ1) is 17.9. The molecule has 1 aliphatic rings. The molecule has 0 N–H and O–H groups in total. The molecular formula is C18H20N4O4. The number of benzene rings is 1. The highest BCUT2D eigenvalue weighted by atomic mass is 16.6. The molecule has 1 saturated heterocycles. The highest BCUT2D eigenvalue weighted by Gasteiger charge is 2.35. The van der Waals surface area contributed by atoms with E-state index in [1.807, 2.05) is 20.8 Å². The standard InChI is InChI=1S/C18H20N4O4/c1-18(2,3)25-17(23)22-7-8-24-11-14(22)16-20-15(21-26-16)13-6-4-5-12(9-13)10-19/h4-6,9,14H,7-8,11H2,1-3H3. The van der Waals surface area contributed by atoms with E-state index in [0.717, 1.165) is 0 Å². The lowest BCUT2D eigenvalue weighted by molar-refractivity contribution is -0.0401. The van der Waals surface area contributed by atoms with Crippen LogP contribution < -0.4 is 0 Å². The third kappa shape index (κ3) is 4.00. The molecule has 3 rings (SSSR count). The summed E-state index contributed by atoms with van der Waals surface area (Å²) in [5.41, 5.74) is 0.572. The molecule has 2 heterocycles. The van der Waals surface area contributed by atoms with Crippen molar-refractivity contribution in [2.45, 2.75) is 32.4 Å². The highest BCUT2D eigenvalue weighted by molar-refractivity contribution is 5.69. The molecule has 2 aromatic rings. The molecule has 1 unspecified atom stereocenters. The van der Waals surface area contributed by atoms with E-state index < -0.39 is 17.7 Å². The number of nitrogens with zero attached hydrogens (tertiary/aromatic N) is 4. The van der Waals surface area contributed by atoms with Crippen molar-refractivity contribution in [3.63, 3.8) is 0 Å². The van der Waals surface area contributed by atoms with Crippen molar-refractivity contribution >= 4 is 6.09 Å². The fraction of sp³-hybridized carbons (Fsp3) is 0.444. The third-order valence-electron chi connectivity index (χ3n) is 3.73. The van der Waals surface area contributed by atoms with Crippen molar-refractivity contribution in [3.8, 4) is 17.5 Å². The highest BCUT2D eigenvalue weighted by Crippen LogP contribution is 2.27. The lowest BCUT2D eigenvalue weighted by Gasteiger charge is -2.34. The molecule has 1 atom stereocenters. The molecule has 0 radical (unpaired) electrons. The Morgan fingerprint density at radius 3 is 2.96 bits per heavy atom. The number of aromatic nitrogens is 2. The molecule has 0 bridgehead atoms. The summed E-state index contributed by atoms with van der Waals surface area (Å²) in [4.78, 5) is 18.4. The zero-order valence-electron chi connectivity index (χ0n) is 14.9. The van der Waals surface area contributed by atoms with Crippen LogP contribution in [0.25, 0.3) is 11.4 Å². The number of hydrogen-bond acceptors (Lipinski definition) is 7. The molecule has 8 heteroatoms. The monoisotopic (exact) mass is 356 g/mol. The smallest absolute Gasteiger partial charge is 0.411 e. The van der Waals surface area contributed by atoms with Crippen LogP contribution in [0.15, 0.2) is 28.8 Å². The van der Waals surface area contributed by atoms with Gasteiger partial charge in [0, 0.05) is 12.1 Å². The lowest BCUT2D eigenvalue weighted by Crippen LogP contribution is -2.45. The van der Waals surface area contributed by atoms with Crippen LogP contribution in [0.3, 0.4) is 0 Å². The second-order valence-corrected chi connectivity index (χ2v) is 6.91. The summed E-state index contributed by atoms with van der Waals surface area (Å²) in [5.74, 6) is 0.625. The van der Waals surface area contributed by atoms with Crippen molar-refractivity contribution in [1.29, 1.82) is 5.26 Å². The van der Waals surface area contributed by atoms with Crippen LogP contribution in [-0.4, -0.2) is 46.5 Å². The predicted molar refractivity (Wildman–Crippen MR) is 90.9 cm³/mol. The predicted octanol–water partition coefficient (Wildman–Crippen LogP) is 2.92. The number of rotatable bonds is 2. The van der Waals surface area contributed by atoms with Gasteiger partial charge in [0.2, 0.25) is 5.82 Å². The Bertz CT molecular complexity index is 834. The number of amides is 1. The van der Waals surface area contributed by atoms with Gasteiger partial charge in [0.15, 0.2) is 0 Å². The minimum absolute atomic E-state index is 0.249. The van der Waals surface area contributed by atoms with E-state index in [9.17, 15) is 4.79 Å². The molecule has 0 aliphatic carbocycles. The second kappa shape index (κ2) is 7.14. The maximum Gasteiger partial charge on any atom is 0.411 e. The van der Waals surface area contributed by atoms with Gasteiger partial charge in [-0.3, -0.25) is 4.90 Å². The molecule has 1 fully saturated rings. The van der Waals surface area contributed by atoms with Gasteiger partial charge in [0.05, 0.1) is 24.8 Å². The Balaban J connectivity index is 1.84. The Labute approximate surface area is 151 Å². The number of nitriles is 1. The van der Waals surface area contributed by atoms with Crippen LogP contribution in [0.2, 0.25) is 0 Å². The summed E-state index contributed by atoms with van der Waals surface area (Å²) in [6.07, 6.45) is -0.447. The van der Waals surface area contributed by atoms with E-state index in [0.29, 0.717) is 30.1 Å². The minimum atomic E-state index is -0.600. The Morgan fingerprint density at radius 2 is 2.23 bits per heavy atom. The number of carbonyl (C=O) groups excluding carboxylic acids is 1. The summed E-state index contributed by atoms with van der Waals surface area (Å²) in [5, 5.41) is 13.0. The van der Waals surface area contributed by atoms with Crippen molar-refractivity contribution in [1.82, 2.24) is 15.0 Å². The molecule has 1 aliphatic heterocycles. The summed E-state index contributed by atoms with van der Waals surface area (Å²) in [6.45, 7) is 6.48. The van der Waals surface area contributed by atoms with Crippen LogP contribution in [0.1, 0.15) is 38.3 Å². The molecular weight excluding hydrogens is 336 g/mol. The third-order valence-corrected chi connectivity index (χ3v) is 3.73. The summed E-state index contributed by atoms with van der Waals surface area (Å²) >= 11 is 0. The average molecular weight is 356 g/mol. The van der Waals surface area contributed by atoms with Crippen molar-refractivity contribution in [2.75, 3.05) is 19.8 Å². The molecule has 1 aromatic carbocycles. The van der Waals surface area contributed by atoms with Gasteiger partial charge in [-0.2, -0.15) is 10.2 Å². The van der Waals surface area contributed by atoms with Crippen molar-refractivity contribution in [2.24, 2.45) is 0 Å². The van der Waals surface area contributed by atoms with E-state index in [-0.39, 0.29) is 12.5 Å². The Morgan fingerprint density at radius 1 is 1.42 bits per heavy atom. The van der Waals surface area contributed by atoms with Crippen LogP contribution in [-0.2, 0) is 9.47 Å². The van der Waals surface area contributed by atoms with E-state index in [4.69, 9.17) is 19.3 Å². The van der Waals surface area contributed by atoms with Crippen LogP contribution in [0.4, 0.5) is 4.79 Å². The summed E-state index contributed by atoms with van der Waals surface area (Å²) < 4.78 is 16.3. The maximum absolute atomic E-state index is 12.5. The van der Waals surface area contributed by atoms with Gasteiger partial charge in [0.1, 0.15) is 11.6 Å². The first-order valence-corrected chi connectivity index (χ1v) is 8.29. The zero-order chi connectivity index (χ0) is 18.7.